The Balaban J connectivity index is 2.33. The third-order valence-electron chi connectivity index (χ3n) is 2.61. The van der Waals surface area contributed by atoms with Crippen molar-refractivity contribution in [1.82, 2.24) is 0 Å². The molecule has 1 heterocycles. The van der Waals surface area contributed by atoms with Gasteiger partial charge in [-0.3, -0.25) is 4.79 Å². The Bertz CT molecular complexity index is 425. The molecule has 2 rings (SSSR count). The molecule has 0 aliphatic carbocycles. The van der Waals surface area contributed by atoms with Crippen LogP contribution in [0.1, 0.15) is 12.8 Å². The third kappa shape index (κ3) is 3.09. The van der Waals surface area contributed by atoms with Gasteiger partial charge in [0.15, 0.2) is 0 Å². The zero-order valence-corrected chi connectivity index (χ0v) is 11.6. The molecule has 17 heavy (non-hydrogen) atoms. The number of anilines is 1. The molecular weight excluding hydrogens is 277 g/mol. The van der Waals surface area contributed by atoms with Gasteiger partial charge in [-0.2, -0.15) is 0 Å². The molecule has 1 aromatic carbocycles. The highest BCUT2D eigenvalue weighted by atomic mass is 35.5. The van der Waals surface area contributed by atoms with Gasteiger partial charge in [0.2, 0.25) is 5.91 Å². The highest BCUT2D eigenvalue weighted by Gasteiger charge is 2.21. The van der Waals surface area contributed by atoms with E-state index in [9.17, 15) is 4.79 Å². The molecule has 1 aliphatic rings. The van der Waals surface area contributed by atoms with Gasteiger partial charge in [0, 0.05) is 28.8 Å². The molecule has 1 amide bonds. The maximum Gasteiger partial charge on any atom is 0.228 e. The van der Waals surface area contributed by atoms with Crippen molar-refractivity contribution >= 4 is 46.6 Å². The van der Waals surface area contributed by atoms with E-state index in [1.165, 1.54) is 0 Å². The number of carbonyl (C=O) groups is 1. The fourth-order valence-electron chi connectivity index (χ4n) is 1.83. The molecule has 0 atom stereocenters. The summed E-state index contributed by atoms with van der Waals surface area (Å²) in [5.74, 6) is 1.47. The zero-order valence-electron chi connectivity index (χ0n) is 9.29. The molecule has 0 N–H and O–H groups in total. The average molecular weight is 290 g/mol. The first-order chi connectivity index (χ1) is 8.22. The first-order valence-corrected chi connectivity index (χ1v) is 7.41. The van der Waals surface area contributed by atoms with Gasteiger partial charge in [-0.1, -0.05) is 11.6 Å². The molecule has 0 saturated carbocycles. The standard InChI is InChI=1S/C12H13Cl2NOS/c13-5-4-12(16)15-6-1-7-17-11-8-9(14)2-3-10(11)15/h2-3,8H,1,4-7H2. The van der Waals surface area contributed by atoms with Gasteiger partial charge < -0.3 is 4.90 Å². The van der Waals surface area contributed by atoms with Crippen LogP contribution in [0.4, 0.5) is 5.69 Å². The molecule has 5 heteroatoms. The molecule has 0 bridgehead atoms. The lowest BCUT2D eigenvalue weighted by Gasteiger charge is -2.22. The van der Waals surface area contributed by atoms with E-state index in [2.05, 4.69) is 0 Å². The molecule has 1 aromatic rings. The van der Waals surface area contributed by atoms with Gasteiger partial charge in [-0.15, -0.1) is 23.4 Å². The Morgan fingerprint density at radius 3 is 3.06 bits per heavy atom. The molecule has 0 fully saturated rings. The second-order valence-corrected chi connectivity index (χ2v) is 5.75. The van der Waals surface area contributed by atoms with E-state index in [0.717, 1.165) is 29.3 Å². The van der Waals surface area contributed by atoms with Crippen LogP contribution >= 0.6 is 35.0 Å². The Morgan fingerprint density at radius 1 is 1.47 bits per heavy atom. The van der Waals surface area contributed by atoms with Crippen LogP contribution in [-0.2, 0) is 4.79 Å². The number of carbonyl (C=O) groups excluding carboxylic acids is 1. The predicted molar refractivity (Wildman–Crippen MR) is 74.5 cm³/mol. The zero-order chi connectivity index (χ0) is 12.3. The van der Waals surface area contributed by atoms with Gasteiger partial charge in [-0.05, 0) is 30.4 Å². The van der Waals surface area contributed by atoms with Crippen LogP contribution < -0.4 is 4.90 Å². The number of rotatable bonds is 2. The van der Waals surface area contributed by atoms with E-state index in [1.54, 1.807) is 11.8 Å². The van der Waals surface area contributed by atoms with Crippen molar-refractivity contribution in [2.24, 2.45) is 0 Å². The molecule has 0 spiro atoms. The van der Waals surface area contributed by atoms with Gasteiger partial charge in [0.25, 0.3) is 0 Å². The molecule has 2 nitrogen and oxygen atoms in total. The van der Waals surface area contributed by atoms with Crippen LogP contribution in [0.3, 0.4) is 0 Å². The highest BCUT2D eigenvalue weighted by Crippen LogP contribution is 2.36. The second-order valence-electron chi connectivity index (χ2n) is 3.80. The topological polar surface area (TPSA) is 20.3 Å². The fraction of sp³-hybridized carbons (Fsp3) is 0.417. The molecule has 0 saturated heterocycles. The SMILES string of the molecule is O=C(CCCl)N1CCCSc2cc(Cl)ccc21. The number of benzene rings is 1. The van der Waals surface area contributed by atoms with Crippen molar-refractivity contribution in [3.8, 4) is 0 Å². The smallest absolute Gasteiger partial charge is 0.228 e. The van der Waals surface area contributed by atoms with Crippen molar-refractivity contribution < 1.29 is 4.79 Å². The van der Waals surface area contributed by atoms with Crippen molar-refractivity contribution in [1.29, 1.82) is 0 Å². The Morgan fingerprint density at radius 2 is 2.29 bits per heavy atom. The maximum atomic E-state index is 12.0. The van der Waals surface area contributed by atoms with Gasteiger partial charge in [0.1, 0.15) is 0 Å². The third-order valence-corrected chi connectivity index (χ3v) is 4.16. The summed E-state index contributed by atoms with van der Waals surface area (Å²) < 4.78 is 0. The lowest BCUT2D eigenvalue weighted by molar-refractivity contribution is -0.118. The maximum absolute atomic E-state index is 12.0. The molecule has 0 unspecified atom stereocenters. The number of nitrogens with zero attached hydrogens (tertiary/aromatic N) is 1. The van der Waals surface area contributed by atoms with E-state index in [-0.39, 0.29) is 5.91 Å². The summed E-state index contributed by atoms with van der Waals surface area (Å²) in [6.07, 6.45) is 1.37. The minimum absolute atomic E-state index is 0.0890. The summed E-state index contributed by atoms with van der Waals surface area (Å²) in [6, 6.07) is 5.67. The van der Waals surface area contributed by atoms with Gasteiger partial charge in [-0.25, -0.2) is 0 Å². The first kappa shape index (κ1) is 13.1. The second kappa shape index (κ2) is 5.98. The Hall–Kier alpha value is -0.380. The summed E-state index contributed by atoms with van der Waals surface area (Å²) in [6.45, 7) is 0.761. The molecule has 92 valence electrons. The number of alkyl halides is 1. The molecule has 0 aromatic heterocycles. The van der Waals surface area contributed by atoms with Crippen LogP contribution in [0.15, 0.2) is 23.1 Å². The number of hydrogen-bond donors (Lipinski definition) is 0. The number of thioether (sulfide) groups is 1. The van der Waals surface area contributed by atoms with Gasteiger partial charge >= 0.3 is 0 Å². The monoisotopic (exact) mass is 289 g/mol. The van der Waals surface area contributed by atoms with E-state index in [4.69, 9.17) is 23.2 Å². The number of amides is 1. The summed E-state index contributed by atoms with van der Waals surface area (Å²) in [5.41, 5.74) is 0.965. The van der Waals surface area contributed by atoms with Crippen LogP contribution in [-0.4, -0.2) is 24.1 Å². The summed E-state index contributed by atoms with van der Waals surface area (Å²) in [4.78, 5) is 14.9. The quantitative estimate of drug-likeness (QED) is 0.772. The molecular formula is C12H13Cl2NOS. The minimum atomic E-state index is 0.0890. The van der Waals surface area contributed by atoms with Crippen molar-refractivity contribution in [3.05, 3.63) is 23.2 Å². The molecule has 0 radical (unpaired) electrons. The van der Waals surface area contributed by atoms with Crippen LogP contribution in [0.5, 0.6) is 0 Å². The average Bonchev–Trinajstić information content (AvgIpc) is 2.51. The number of fused-ring (bicyclic) bond motifs is 1. The Labute approximate surface area is 115 Å². The summed E-state index contributed by atoms with van der Waals surface area (Å²) in [7, 11) is 0. The van der Waals surface area contributed by atoms with Crippen LogP contribution in [0.25, 0.3) is 0 Å². The van der Waals surface area contributed by atoms with E-state index in [0.29, 0.717) is 17.3 Å². The first-order valence-electron chi connectivity index (χ1n) is 5.51. The van der Waals surface area contributed by atoms with Crippen LogP contribution in [0, 0.1) is 0 Å². The minimum Gasteiger partial charge on any atom is -0.311 e. The Kier molecular flexibility index (Phi) is 4.60. The molecule has 1 aliphatic heterocycles. The number of hydrogen-bond acceptors (Lipinski definition) is 2. The lowest BCUT2D eigenvalue weighted by atomic mass is 10.2. The van der Waals surface area contributed by atoms with E-state index >= 15 is 0 Å². The summed E-state index contributed by atoms with van der Waals surface area (Å²) >= 11 is 13.4. The normalized spacial score (nSPS) is 15.3. The van der Waals surface area contributed by atoms with E-state index < -0.39 is 0 Å². The van der Waals surface area contributed by atoms with Crippen molar-refractivity contribution in [2.75, 3.05) is 23.1 Å². The summed E-state index contributed by atoms with van der Waals surface area (Å²) in [5, 5.41) is 0.711. The van der Waals surface area contributed by atoms with Crippen molar-refractivity contribution in [3.63, 3.8) is 0 Å². The highest BCUT2D eigenvalue weighted by molar-refractivity contribution is 7.99. The predicted octanol–water partition coefficient (Wildman–Crippen LogP) is 3.80. The van der Waals surface area contributed by atoms with Crippen molar-refractivity contribution in [2.45, 2.75) is 17.7 Å². The van der Waals surface area contributed by atoms with E-state index in [1.807, 2.05) is 23.1 Å². The van der Waals surface area contributed by atoms with Crippen LogP contribution in [0.2, 0.25) is 5.02 Å². The van der Waals surface area contributed by atoms with Gasteiger partial charge in [0.05, 0.1) is 5.69 Å². The fourth-order valence-corrected chi connectivity index (χ4v) is 3.25. The lowest BCUT2D eigenvalue weighted by Crippen LogP contribution is -2.31. The largest absolute Gasteiger partial charge is 0.311 e. The number of halogens is 2.